The zero-order valence-corrected chi connectivity index (χ0v) is 22.6. The van der Waals surface area contributed by atoms with Gasteiger partial charge in [0.25, 0.3) is 5.91 Å². The van der Waals surface area contributed by atoms with Crippen LogP contribution in [-0.4, -0.2) is 33.7 Å². The Morgan fingerprint density at radius 1 is 1.14 bits per heavy atom. The first-order valence-corrected chi connectivity index (χ1v) is 13.1. The fraction of sp³-hybridized carbons (Fsp3) is 0.310. The highest BCUT2D eigenvalue weighted by Crippen LogP contribution is 2.59. The van der Waals surface area contributed by atoms with Gasteiger partial charge in [-0.05, 0) is 54.3 Å². The van der Waals surface area contributed by atoms with Gasteiger partial charge in [-0.2, -0.15) is 18.3 Å². The second kappa shape index (κ2) is 11.3. The van der Waals surface area contributed by atoms with Crippen LogP contribution in [0.4, 0.5) is 26.3 Å². The van der Waals surface area contributed by atoms with Gasteiger partial charge in [0.1, 0.15) is 24.0 Å². The van der Waals surface area contributed by atoms with E-state index in [0.29, 0.717) is 17.2 Å². The molecule has 5 rings (SSSR count). The van der Waals surface area contributed by atoms with Crippen molar-refractivity contribution in [3.05, 3.63) is 99.9 Å². The Hall–Kier alpha value is -4.46. The van der Waals surface area contributed by atoms with Gasteiger partial charge in [-0.3, -0.25) is 19.3 Å². The summed E-state index contributed by atoms with van der Waals surface area (Å²) < 4.78 is 88.6. The minimum atomic E-state index is -4.76. The summed E-state index contributed by atoms with van der Waals surface area (Å²) in [6, 6.07) is 6.94. The van der Waals surface area contributed by atoms with E-state index in [4.69, 9.17) is 10.5 Å². The number of pyridine rings is 1. The van der Waals surface area contributed by atoms with E-state index in [0.717, 1.165) is 22.9 Å². The summed E-state index contributed by atoms with van der Waals surface area (Å²) in [5.74, 6) is -4.77. The van der Waals surface area contributed by atoms with Crippen molar-refractivity contribution in [2.45, 2.75) is 50.0 Å². The van der Waals surface area contributed by atoms with Gasteiger partial charge in [0.15, 0.2) is 5.69 Å². The van der Waals surface area contributed by atoms with Crippen LogP contribution in [0.2, 0.25) is 0 Å². The number of hydrogen-bond acceptors (Lipinski definition) is 5. The van der Waals surface area contributed by atoms with Crippen LogP contribution in [0.3, 0.4) is 0 Å². The molecule has 2 heterocycles. The topological polar surface area (TPSA) is 112 Å². The quantitative estimate of drug-likeness (QED) is 0.340. The zero-order chi connectivity index (χ0) is 31.1. The number of amides is 2. The molecule has 1 aromatic carbocycles. The van der Waals surface area contributed by atoms with Crippen molar-refractivity contribution in [2.75, 3.05) is 7.11 Å². The second-order valence-electron chi connectivity index (χ2n) is 10.3. The number of ether oxygens (including phenoxy) is 1. The van der Waals surface area contributed by atoms with Crippen LogP contribution < -0.4 is 11.1 Å². The zero-order valence-electron chi connectivity index (χ0n) is 22.6. The highest BCUT2D eigenvalue weighted by Gasteiger charge is 2.59. The number of carbonyl (C=O) groups excluding carboxylic acids is 2. The molecule has 14 heteroatoms. The Kier molecular flexibility index (Phi) is 7.90. The normalized spacial score (nSPS) is 20.2. The minimum absolute atomic E-state index is 0.00254. The number of allylic oxidation sites excluding steroid dienone is 2. The summed E-state index contributed by atoms with van der Waals surface area (Å²) in [6.45, 7) is -0.886. The van der Waals surface area contributed by atoms with Crippen LogP contribution in [0.25, 0.3) is 5.57 Å². The Balaban J connectivity index is 1.55. The molecule has 1 unspecified atom stereocenters. The summed E-state index contributed by atoms with van der Waals surface area (Å²) in [5, 5.41) is 6.35. The molecule has 43 heavy (non-hydrogen) atoms. The summed E-state index contributed by atoms with van der Waals surface area (Å²) in [6.07, 6.45) is -1.84. The molecule has 0 spiro atoms. The number of nitrogens with one attached hydrogen (secondary N) is 1. The number of methoxy groups -OCH3 is 1. The largest absolute Gasteiger partial charge is 0.435 e. The number of nitrogens with zero attached hydrogens (tertiary/aromatic N) is 3. The lowest BCUT2D eigenvalue weighted by molar-refractivity contribution is -0.141. The maximum absolute atomic E-state index is 14.3. The molecule has 2 atom stereocenters. The van der Waals surface area contributed by atoms with Crippen molar-refractivity contribution in [1.29, 1.82) is 0 Å². The summed E-state index contributed by atoms with van der Waals surface area (Å²) >= 11 is 0. The molecule has 0 saturated heterocycles. The summed E-state index contributed by atoms with van der Waals surface area (Å²) in [4.78, 5) is 29.8. The Morgan fingerprint density at radius 2 is 1.86 bits per heavy atom. The van der Waals surface area contributed by atoms with E-state index in [2.05, 4.69) is 15.4 Å². The van der Waals surface area contributed by atoms with E-state index in [1.165, 1.54) is 19.4 Å². The molecule has 2 amide bonds. The molecule has 226 valence electrons. The van der Waals surface area contributed by atoms with Gasteiger partial charge in [-0.15, -0.1) is 0 Å². The predicted octanol–water partition coefficient (Wildman–Crippen LogP) is 4.81. The summed E-state index contributed by atoms with van der Waals surface area (Å²) in [7, 11) is 1.28. The lowest BCUT2D eigenvalue weighted by atomic mass is 9.88. The van der Waals surface area contributed by atoms with E-state index < -0.39 is 59.1 Å². The molecule has 1 fully saturated rings. The van der Waals surface area contributed by atoms with Crippen molar-refractivity contribution in [3.63, 3.8) is 0 Å². The van der Waals surface area contributed by atoms with Crippen LogP contribution in [0.1, 0.15) is 53.4 Å². The van der Waals surface area contributed by atoms with Gasteiger partial charge >= 0.3 is 6.18 Å². The molecule has 3 N–H and O–H groups in total. The molecule has 2 aliphatic carbocycles. The molecule has 3 aromatic rings. The average molecular weight is 606 g/mol. The average Bonchev–Trinajstić information content (AvgIpc) is 3.51. The number of primary amides is 1. The van der Waals surface area contributed by atoms with Crippen LogP contribution in [-0.2, 0) is 39.2 Å². The van der Waals surface area contributed by atoms with Crippen molar-refractivity contribution in [3.8, 4) is 0 Å². The fourth-order valence-electron chi connectivity index (χ4n) is 5.46. The van der Waals surface area contributed by atoms with Crippen molar-refractivity contribution in [1.82, 2.24) is 20.1 Å². The molecule has 0 radical (unpaired) electrons. The van der Waals surface area contributed by atoms with E-state index in [-0.39, 0.29) is 48.4 Å². The Bertz CT molecular complexity index is 1640. The van der Waals surface area contributed by atoms with Gasteiger partial charge in [-0.25, -0.2) is 13.2 Å². The Labute approximate surface area is 241 Å². The van der Waals surface area contributed by atoms with Crippen molar-refractivity contribution in [2.24, 2.45) is 5.73 Å². The first-order valence-electron chi connectivity index (χ1n) is 13.1. The molecular weight excluding hydrogens is 580 g/mol. The highest BCUT2D eigenvalue weighted by atomic mass is 19.4. The van der Waals surface area contributed by atoms with Gasteiger partial charge in [0, 0.05) is 37.3 Å². The SMILES string of the molecule is COCc1cc(C(F)(F)F)nn1CC(=O)NC1(c2ncccc2C2=CC(C(N)=O)=C(F)CC2)C[C@@H]1c1cc(F)cc(F)c1. The molecule has 0 bridgehead atoms. The third-order valence-electron chi connectivity index (χ3n) is 7.42. The third kappa shape index (κ3) is 6.05. The minimum Gasteiger partial charge on any atom is -0.378 e. The van der Waals surface area contributed by atoms with Crippen molar-refractivity contribution < 1.29 is 40.7 Å². The maximum atomic E-state index is 14.3. The standard InChI is InChI=1S/C29H25F6N5O3/c1-43-14-19-11-24(29(33,34)35)39-40(19)13-25(41)38-28(12-22(28)16-7-17(30)10-18(31)8-16)26-20(3-2-6-37-26)15-4-5-23(32)21(9-15)27(36)42/h2-3,6-11,22H,4-5,12-14H2,1H3,(H2,36,42)(H,38,41)/t22-,28?/m1/s1. The Morgan fingerprint density at radius 3 is 2.51 bits per heavy atom. The smallest absolute Gasteiger partial charge is 0.378 e. The number of rotatable bonds is 9. The number of aromatic nitrogens is 3. The maximum Gasteiger partial charge on any atom is 0.435 e. The van der Waals surface area contributed by atoms with Gasteiger partial charge in [-0.1, -0.05) is 6.07 Å². The molecule has 8 nitrogen and oxygen atoms in total. The van der Waals surface area contributed by atoms with Crippen LogP contribution >= 0.6 is 0 Å². The monoisotopic (exact) mass is 605 g/mol. The fourth-order valence-corrected chi connectivity index (χ4v) is 5.46. The molecule has 2 aromatic heterocycles. The first-order chi connectivity index (χ1) is 20.3. The number of benzene rings is 1. The second-order valence-corrected chi connectivity index (χ2v) is 10.3. The molecular formula is C29H25F6N5O3. The van der Waals surface area contributed by atoms with Gasteiger partial charge in [0.05, 0.1) is 29.1 Å². The number of halogens is 6. The van der Waals surface area contributed by atoms with Crippen molar-refractivity contribution >= 4 is 17.4 Å². The number of hydrogen-bond donors (Lipinski definition) is 2. The van der Waals surface area contributed by atoms with E-state index >= 15 is 0 Å². The number of alkyl halides is 3. The van der Waals surface area contributed by atoms with E-state index in [1.807, 2.05) is 0 Å². The van der Waals surface area contributed by atoms with E-state index in [9.17, 15) is 35.9 Å². The lowest BCUT2D eigenvalue weighted by Crippen LogP contribution is -2.40. The lowest BCUT2D eigenvalue weighted by Gasteiger charge is -2.25. The number of nitrogens with two attached hydrogens (primary N) is 1. The van der Waals surface area contributed by atoms with E-state index in [1.54, 1.807) is 12.1 Å². The van der Waals surface area contributed by atoms with Gasteiger partial charge in [0.2, 0.25) is 5.91 Å². The summed E-state index contributed by atoms with van der Waals surface area (Å²) in [5.41, 5.74) is 3.89. The highest BCUT2D eigenvalue weighted by molar-refractivity contribution is 5.98. The van der Waals surface area contributed by atoms with Crippen LogP contribution in [0.15, 0.2) is 60.1 Å². The molecule has 0 aliphatic heterocycles. The molecule has 1 saturated carbocycles. The van der Waals surface area contributed by atoms with Gasteiger partial charge < -0.3 is 15.8 Å². The number of carbonyl (C=O) groups is 2. The van der Waals surface area contributed by atoms with Crippen LogP contribution in [0.5, 0.6) is 0 Å². The van der Waals surface area contributed by atoms with Crippen LogP contribution in [0, 0.1) is 11.6 Å². The third-order valence-corrected chi connectivity index (χ3v) is 7.42. The molecule has 2 aliphatic rings. The first kappa shape index (κ1) is 30.0. The predicted molar refractivity (Wildman–Crippen MR) is 140 cm³/mol.